The highest BCUT2D eigenvalue weighted by molar-refractivity contribution is 6.82. The van der Waals surface area contributed by atoms with Crippen molar-refractivity contribution >= 4 is 34.3 Å². The Kier molecular flexibility index (Phi) is 5.72. The van der Waals surface area contributed by atoms with Crippen molar-refractivity contribution in [3.05, 3.63) is 12.7 Å². The molecule has 4 amide bonds. The third-order valence-electron chi connectivity index (χ3n) is 4.20. The minimum atomic E-state index is -2.27. The van der Waals surface area contributed by atoms with Gasteiger partial charge in [0.2, 0.25) is 11.8 Å². The van der Waals surface area contributed by atoms with Gasteiger partial charge in [-0.05, 0) is 18.8 Å². The molecule has 5 nitrogen and oxygen atoms in total. The van der Waals surface area contributed by atoms with Gasteiger partial charge in [0.15, 0.2) is 16.5 Å². The zero-order valence-corrected chi connectivity index (χ0v) is 18.4. The molecule has 0 bridgehead atoms. The van der Waals surface area contributed by atoms with Gasteiger partial charge in [-0.2, -0.15) is 0 Å². The quantitative estimate of drug-likeness (QED) is 0.403. The van der Waals surface area contributed by atoms with Crippen molar-refractivity contribution in [2.75, 3.05) is 0 Å². The molecule has 1 heterocycles. The molecule has 136 valence electrons. The molecular weight excluding hydrogens is 336 g/mol. The molecule has 0 N–H and O–H groups in total. The van der Waals surface area contributed by atoms with E-state index in [1.165, 1.54) is 9.13 Å². The summed E-state index contributed by atoms with van der Waals surface area (Å²) in [5.74, 6) is -0.474. The van der Waals surface area contributed by atoms with E-state index in [4.69, 9.17) is 0 Å². The number of carbonyl (C=O) groups is 3. The van der Waals surface area contributed by atoms with E-state index in [1.807, 2.05) is 53.1 Å². The maximum atomic E-state index is 13.4. The largest absolute Gasteiger partial charge is 0.317 e. The van der Waals surface area contributed by atoms with E-state index in [1.54, 1.807) is 6.08 Å². The molecule has 1 saturated heterocycles. The van der Waals surface area contributed by atoms with E-state index in [-0.39, 0.29) is 24.2 Å². The zero-order chi connectivity index (χ0) is 19.1. The fourth-order valence-corrected chi connectivity index (χ4v) is 6.45. The first-order valence-corrected chi connectivity index (χ1v) is 15.4. The van der Waals surface area contributed by atoms with E-state index >= 15 is 0 Å². The summed E-state index contributed by atoms with van der Waals surface area (Å²) in [6, 6.07) is -0.410. The van der Waals surface area contributed by atoms with Gasteiger partial charge in [0.05, 0.1) is 0 Å². The predicted molar refractivity (Wildman–Crippen MR) is 102 cm³/mol. The van der Waals surface area contributed by atoms with Crippen LogP contribution in [0.2, 0.25) is 39.3 Å². The Bertz CT molecular complexity index is 523. The number of imide groups is 2. The molecule has 0 aliphatic carbocycles. The van der Waals surface area contributed by atoms with Gasteiger partial charge in [-0.1, -0.05) is 59.2 Å². The van der Waals surface area contributed by atoms with Crippen molar-refractivity contribution in [3.8, 4) is 0 Å². The van der Waals surface area contributed by atoms with Crippen LogP contribution in [-0.2, 0) is 9.59 Å². The average molecular weight is 369 g/mol. The Morgan fingerprint density at radius 3 is 1.58 bits per heavy atom. The predicted octanol–water partition coefficient (Wildman–Crippen LogP) is 4.06. The lowest BCUT2D eigenvalue weighted by molar-refractivity contribution is -0.154. The molecule has 1 rings (SSSR count). The highest BCUT2D eigenvalue weighted by Crippen LogP contribution is 2.42. The second-order valence-electron chi connectivity index (χ2n) is 9.08. The lowest BCUT2D eigenvalue weighted by Crippen LogP contribution is -2.74. The molecule has 0 unspecified atom stereocenters. The fraction of sp³-hybridized carbons (Fsp3) is 0.706. The van der Waals surface area contributed by atoms with Crippen LogP contribution in [0.5, 0.6) is 0 Å². The summed E-state index contributed by atoms with van der Waals surface area (Å²) in [5, 5.41) is 0. The van der Waals surface area contributed by atoms with Crippen molar-refractivity contribution < 1.29 is 14.4 Å². The lowest BCUT2D eigenvalue weighted by atomic mass is 9.74. The standard InChI is InChI=1S/C17H32N2O3Si2/c1-10-11-17(12-13(2)3)14(20)18(23(4,5)6)16(22)19(15(17)21)24(7,8)9/h10,13H,1,11-12H2,2-9H3. The molecular formula is C17H32N2O3Si2. The van der Waals surface area contributed by atoms with Gasteiger partial charge in [0.25, 0.3) is 0 Å². The highest BCUT2D eigenvalue weighted by Gasteiger charge is 2.60. The molecule has 0 saturated carbocycles. The van der Waals surface area contributed by atoms with Gasteiger partial charge in [0, 0.05) is 0 Å². The van der Waals surface area contributed by atoms with Crippen molar-refractivity contribution in [3.63, 3.8) is 0 Å². The molecule has 0 atom stereocenters. The fourth-order valence-electron chi connectivity index (χ4n) is 3.35. The van der Waals surface area contributed by atoms with E-state index in [0.717, 1.165) is 0 Å². The van der Waals surface area contributed by atoms with Gasteiger partial charge >= 0.3 is 6.03 Å². The summed E-state index contributed by atoms with van der Waals surface area (Å²) in [5.41, 5.74) is -1.19. The van der Waals surface area contributed by atoms with Crippen molar-refractivity contribution in [2.45, 2.75) is 66.0 Å². The normalized spacial score (nSPS) is 19.3. The van der Waals surface area contributed by atoms with Crippen LogP contribution in [0, 0.1) is 11.3 Å². The van der Waals surface area contributed by atoms with E-state index in [9.17, 15) is 14.4 Å². The Morgan fingerprint density at radius 2 is 1.33 bits per heavy atom. The first-order chi connectivity index (χ1) is 10.7. The number of barbiturate groups is 1. The Labute approximate surface area is 148 Å². The van der Waals surface area contributed by atoms with Crippen LogP contribution in [0.3, 0.4) is 0 Å². The summed E-state index contributed by atoms with van der Waals surface area (Å²) in [4.78, 5) is 39.8. The minimum Gasteiger partial charge on any atom is -0.294 e. The first-order valence-electron chi connectivity index (χ1n) is 8.54. The van der Waals surface area contributed by atoms with E-state index in [0.29, 0.717) is 6.42 Å². The van der Waals surface area contributed by atoms with Crippen molar-refractivity contribution in [1.82, 2.24) is 9.13 Å². The van der Waals surface area contributed by atoms with Crippen LogP contribution in [0.1, 0.15) is 26.7 Å². The molecule has 0 spiro atoms. The van der Waals surface area contributed by atoms with Gasteiger partial charge in [-0.25, -0.2) is 4.79 Å². The van der Waals surface area contributed by atoms with Gasteiger partial charge < -0.3 is 0 Å². The summed E-state index contributed by atoms with van der Waals surface area (Å²) in [6.07, 6.45) is 2.35. The van der Waals surface area contributed by atoms with Gasteiger partial charge in [0.1, 0.15) is 5.41 Å². The first kappa shape index (κ1) is 20.8. The smallest absolute Gasteiger partial charge is 0.294 e. The maximum Gasteiger partial charge on any atom is 0.317 e. The van der Waals surface area contributed by atoms with Crippen LogP contribution >= 0.6 is 0 Å². The average Bonchev–Trinajstić information content (AvgIpc) is 2.32. The molecule has 0 aromatic heterocycles. The Morgan fingerprint density at radius 1 is 0.958 bits per heavy atom. The second-order valence-corrected chi connectivity index (χ2v) is 18.7. The number of amides is 4. The van der Waals surface area contributed by atoms with Crippen LogP contribution in [0.25, 0.3) is 0 Å². The number of nitrogens with zero attached hydrogens (tertiary/aromatic N) is 2. The maximum absolute atomic E-state index is 13.4. The molecule has 0 aromatic rings. The summed E-state index contributed by atoms with van der Waals surface area (Å²) in [7, 11) is -4.55. The topological polar surface area (TPSA) is 57.7 Å². The second kappa shape index (κ2) is 6.59. The molecule has 1 aliphatic heterocycles. The van der Waals surface area contributed by atoms with Crippen molar-refractivity contribution in [1.29, 1.82) is 0 Å². The number of urea groups is 1. The molecule has 0 aromatic carbocycles. The SMILES string of the molecule is C=CCC1(CC(C)C)C(=O)N([Si](C)(C)C)C(=O)N([Si](C)(C)C)C1=O. The van der Waals surface area contributed by atoms with Crippen LogP contribution < -0.4 is 0 Å². The lowest BCUT2D eigenvalue weighted by Gasteiger charge is -2.51. The Balaban J connectivity index is 3.67. The number of allylic oxidation sites excluding steroid dienone is 1. The zero-order valence-electron chi connectivity index (χ0n) is 16.4. The third kappa shape index (κ3) is 3.56. The molecule has 1 fully saturated rings. The minimum absolute atomic E-state index is 0.165. The van der Waals surface area contributed by atoms with Crippen LogP contribution in [0.4, 0.5) is 4.79 Å². The Hall–Kier alpha value is -1.22. The molecule has 7 heteroatoms. The van der Waals surface area contributed by atoms with Crippen LogP contribution in [-0.4, -0.2) is 43.4 Å². The van der Waals surface area contributed by atoms with Gasteiger partial charge in [-0.15, -0.1) is 6.58 Å². The van der Waals surface area contributed by atoms with Gasteiger partial charge in [-0.3, -0.25) is 18.7 Å². The number of hydrogen-bond donors (Lipinski definition) is 0. The number of hydrogen-bond acceptors (Lipinski definition) is 3. The molecule has 0 radical (unpaired) electrons. The molecule has 1 aliphatic rings. The van der Waals surface area contributed by atoms with E-state index < -0.39 is 27.9 Å². The van der Waals surface area contributed by atoms with Crippen molar-refractivity contribution in [2.24, 2.45) is 11.3 Å². The number of carbonyl (C=O) groups excluding carboxylic acids is 3. The van der Waals surface area contributed by atoms with E-state index in [2.05, 4.69) is 6.58 Å². The summed E-state index contributed by atoms with van der Waals surface area (Å²) < 4.78 is 2.86. The third-order valence-corrected chi connectivity index (χ3v) is 7.67. The summed E-state index contributed by atoms with van der Waals surface area (Å²) in [6.45, 7) is 19.6. The molecule has 24 heavy (non-hydrogen) atoms. The van der Waals surface area contributed by atoms with Crippen LogP contribution in [0.15, 0.2) is 12.7 Å². The number of rotatable bonds is 6. The summed E-state index contributed by atoms with van der Waals surface area (Å²) >= 11 is 0. The monoisotopic (exact) mass is 368 g/mol. The highest BCUT2D eigenvalue weighted by atomic mass is 28.3.